The third-order valence-electron chi connectivity index (χ3n) is 4.74. The summed E-state index contributed by atoms with van der Waals surface area (Å²) in [7, 11) is 0. The predicted octanol–water partition coefficient (Wildman–Crippen LogP) is 3.76. The third-order valence-corrected chi connectivity index (χ3v) is 4.74. The molecule has 1 aliphatic heterocycles. The summed E-state index contributed by atoms with van der Waals surface area (Å²) in [5.41, 5.74) is 8.51. The van der Waals surface area contributed by atoms with Gasteiger partial charge in [-0.25, -0.2) is 0 Å². The smallest absolute Gasteiger partial charge is 0.387 e. The second-order valence-electron chi connectivity index (χ2n) is 6.96. The Kier molecular flexibility index (Phi) is 6.41. The lowest BCUT2D eigenvalue weighted by atomic mass is 10.2. The quantitative estimate of drug-likeness (QED) is 0.361. The predicted molar refractivity (Wildman–Crippen MR) is 95.5 cm³/mol. The van der Waals surface area contributed by atoms with Crippen LogP contribution < -0.4 is 14.2 Å². The van der Waals surface area contributed by atoms with Crippen molar-refractivity contribution in [2.75, 3.05) is 19.7 Å². The molecule has 2 fully saturated rings. The zero-order valence-corrected chi connectivity index (χ0v) is 15.5. The number of alkyl halides is 2. The SMILES string of the molecule is CC(=O)N1C[C@@H](Oc2ccc(OC(F)F)c(OCC3CC3)c2)C[C@@H]1CN=[N+]=[N-]. The highest BCUT2D eigenvalue weighted by Gasteiger charge is 2.34. The van der Waals surface area contributed by atoms with E-state index in [1.807, 2.05) is 0 Å². The first-order valence-electron chi connectivity index (χ1n) is 9.12. The first-order valence-corrected chi connectivity index (χ1v) is 9.12. The van der Waals surface area contributed by atoms with Crippen LogP contribution >= 0.6 is 0 Å². The Hall–Kier alpha value is -2.74. The van der Waals surface area contributed by atoms with Crippen molar-refractivity contribution in [2.45, 2.75) is 44.9 Å². The Morgan fingerprint density at radius 2 is 2.18 bits per heavy atom. The molecule has 0 spiro atoms. The van der Waals surface area contributed by atoms with Crippen LogP contribution in [-0.4, -0.2) is 49.3 Å². The number of nitrogens with zero attached hydrogens (tertiary/aromatic N) is 4. The van der Waals surface area contributed by atoms with Crippen LogP contribution in [0.2, 0.25) is 0 Å². The lowest BCUT2D eigenvalue weighted by Crippen LogP contribution is -2.36. The molecular formula is C18H22F2N4O4. The van der Waals surface area contributed by atoms with E-state index in [4.69, 9.17) is 15.0 Å². The fraction of sp³-hybridized carbons (Fsp3) is 0.611. The van der Waals surface area contributed by atoms with Crippen molar-refractivity contribution in [3.63, 3.8) is 0 Å². The summed E-state index contributed by atoms with van der Waals surface area (Å²) in [5.74, 6) is 0.922. The molecule has 0 unspecified atom stereocenters. The molecule has 2 aliphatic rings. The monoisotopic (exact) mass is 396 g/mol. The average Bonchev–Trinajstić information content (AvgIpc) is 3.38. The summed E-state index contributed by atoms with van der Waals surface area (Å²) in [6, 6.07) is 4.21. The van der Waals surface area contributed by atoms with Crippen LogP contribution in [0.1, 0.15) is 26.2 Å². The van der Waals surface area contributed by atoms with Crippen molar-refractivity contribution in [3.05, 3.63) is 28.6 Å². The number of likely N-dealkylation sites (tertiary alicyclic amines) is 1. The minimum atomic E-state index is -2.95. The molecule has 1 aliphatic carbocycles. The molecule has 1 aromatic rings. The first-order chi connectivity index (χ1) is 13.5. The van der Waals surface area contributed by atoms with Crippen LogP contribution in [0, 0.1) is 5.92 Å². The fourth-order valence-corrected chi connectivity index (χ4v) is 3.20. The van der Waals surface area contributed by atoms with E-state index in [1.165, 1.54) is 25.1 Å². The largest absolute Gasteiger partial charge is 0.489 e. The molecule has 1 heterocycles. The number of hydrogen-bond donors (Lipinski definition) is 0. The van der Waals surface area contributed by atoms with Gasteiger partial charge in [0.1, 0.15) is 11.9 Å². The van der Waals surface area contributed by atoms with Gasteiger partial charge in [0.2, 0.25) is 5.91 Å². The second kappa shape index (κ2) is 8.97. The zero-order valence-electron chi connectivity index (χ0n) is 15.5. The van der Waals surface area contributed by atoms with E-state index in [2.05, 4.69) is 14.8 Å². The number of carbonyl (C=O) groups is 1. The highest BCUT2D eigenvalue weighted by molar-refractivity contribution is 5.74. The maximum absolute atomic E-state index is 12.6. The maximum Gasteiger partial charge on any atom is 0.387 e. The van der Waals surface area contributed by atoms with Gasteiger partial charge in [0.15, 0.2) is 11.5 Å². The van der Waals surface area contributed by atoms with Crippen LogP contribution in [0.15, 0.2) is 23.3 Å². The highest BCUT2D eigenvalue weighted by atomic mass is 19.3. The van der Waals surface area contributed by atoms with Crippen LogP contribution in [-0.2, 0) is 4.79 Å². The molecule has 28 heavy (non-hydrogen) atoms. The molecule has 0 bridgehead atoms. The van der Waals surface area contributed by atoms with Gasteiger partial charge in [-0.05, 0) is 36.4 Å². The van der Waals surface area contributed by atoms with E-state index in [0.29, 0.717) is 31.2 Å². The van der Waals surface area contributed by atoms with Crippen molar-refractivity contribution < 1.29 is 27.8 Å². The lowest BCUT2D eigenvalue weighted by molar-refractivity contribution is -0.129. The van der Waals surface area contributed by atoms with Crippen molar-refractivity contribution in [2.24, 2.45) is 11.0 Å². The lowest BCUT2D eigenvalue weighted by Gasteiger charge is -2.20. The Morgan fingerprint density at radius 3 is 2.82 bits per heavy atom. The number of benzene rings is 1. The zero-order chi connectivity index (χ0) is 20.1. The summed E-state index contributed by atoms with van der Waals surface area (Å²) in [4.78, 5) is 16.2. The normalized spacial score (nSPS) is 21.4. The number of ether oxygens (including phenoxy) is 3. The maximum atomic E-state index is 12.6. The topological polar surface area (TPSA) is 96.8 Å². The average molecular weight is 396 g/mol. The van der Waals surface area contributed by atoms with Crippen molar-refractivity contribution >= 4 is 5.91 Å². The van der Waals surface area contributed by atoms with E-state index >= 15 is 0 Å². The molecule has 3 rings (SSSR count). The molecule has 0 aromatic heterocycles. The first kappa shape index (κ1) is 20.0. The van der Waals surface area contributed by atoms with Crippen LogP contribution in [0.3, 0.4) is 0 Å². The number of hydrogen-bond acceptors (Lipinski definition) is 5. The van der Waals surface area contributed by atoms with E-state index in [9.17, 15) is 13.6 Å². The molecule has 152 valence electrons. The van der Waals surface area contributed by atoms with Crippen LogP contribution in [0.5, 0.6) is 17.2 Å². The number of halogens is 2. The van der Waals surface area contributed by atoms with Crippen molar-refractivity contribution in [1.29, 1.82) is 0 Å². The fourth-order valence-electron chi connectivity index (χ4n) is 3.20. The molecule has 1 saturated heterocycles. The minimum absolute atomic E-state index is 0.0407. The van der Waals surface area contributed by atoms with E-state index < -0.39 is 6.61 Å². The molecule has 8 nitrogen and oxygen atoms in total. The summed E-state index contributed by atoms with van der Waals surface area (Å²) in [6.07, 6.45) is 2.33. The van der Waals surface area contributed by atoms with Gasteiger partial charge in [-0.3, -0.25) is 4.79 Å². The Bertz CT molecular complexity index is 753. The Morgan fingerprint density at radius 1 is 1.39 bits per heavy atom. The van der Waals surface area contributed by atoms with Crippen LogP contribution in [0.4, 0.5) is 8.78 Å². The van der Waals surface area contributed by atoms with E-state index in [0.717, 1.165) is 12.8 Å². The van der Waals surface area contributed by atoms with Gasteiger partial charge in [0.05, 0.1) is 13.2 Å². The van der Waals surface area contributed by atoms with E-state index in [1.54, 1.807) is 4.90 Å². The molecule has 2 atom stereocenters. The molecule has 0 radical (unpaired) electrons. The minimum Gasteiger partial charge on any atom is -0.489 e. The molecule has 1 aromatic carbocycles. The van der Waals surface area contributed by atoms with Crippen molar-refractivity contribution in [1.82, 2.24) is 4.90 Å². The van der Waals surface area contributed by atoms with Gasteiger partial charge < -0.3 is 19.1 Å². The van der Waals surface area contributed by atoms with Gasteiger partial charge in [0.25, 0.3) is 0 Å². The Balaban J connectivity index is 1.69. The van der Waals surface area contributed by atoms with Crippen molar-refractivity contribution in [3.8, 4) is 17.2 Å². The summed E-state index contributed by atoms with van der Waals surface area (Å²) >= 11 is 0. The van der Waals surface area contributed by atoms with Gasteiger partial charge in [-0.2, -0.15) is 8.78 Å². The molecule has 1 saturated carbocycles. The molecule has 1 amide bonds. The van der Waals surface area contributed by atoms with Gasteiger partial charge in [-0.1, -0.05) is 5.11 Å². The summed E-state index contributed by atoms with van der Waals surface area (Å²) < 4.78 is 41.3. The molecule has 0 N–H and O–H groups in total. The Labute approximate surface area is 161 Å². The molecule has 10 heteroatoms. The van der Waals surface area contributed by atoms with Crippen LogP contribution in [0.25, 0.3) is 10.4 Å². The van der Waals surface area contributed by atoms with Gasteiger partial charge in [0, 0.05) is 36.9 Å². The van der Waals surface area contributed by atoms with Gasteiger partial charge in [-0.15, -0.1) is 0 Å². The summed E-state index contributed by atoms with van der Waals surface area (Å²) in [5, 5.41) is 3.55. The highest BCUT2D eigenvalue weighted by Crippen LogP contribution is 2.36. The number of amides is 1. The summed E-state index contributed by atoms with van der Waals surface area (Å²) in [6.45, 7) is -0.526. The van der Waals surface area contributed by atoms with E-state index in [-0.39, 0.29) is 36.1 Å². The number of azide groups is 1. The molecular weight excluding hydrogens is 374 g/mol. The number of rotatable bonds is 9. The van der Waals surface area contributed by atoms with Gasteiger partial charge >= 0.3 is 6.61 Å². The number of carbonyl (C=O) groups excluding carboxylic acids is 1. The second-order valence-corrected chi connectivity index (χ2v) is 6.96. The standard InChI is InChI=1S/C18H22F2N4O4/c1-11(25)24-9-15(6-13(24)8-22-23-21)27-14-4-5-16(28-18(19)20)17(7-14)26-10-12-2-3-12/h4-5,7,12-13,15,18H,2-3,6,8-10H2,1H3/t13-,15+/m1/s1. The third kappa shape index (κ3) is 5.39.